The lowest BCUT2D eigenvalue weighted by Gasteiger charge is -2.01. The molecule has 0 spiro atoms. The Bertz CT molecular complexity index is 461. The standard InChI is InChI=1S/C8H6N4O2/c1-5-11-6(3-9)7(4-10)12(5)8(13)14-2/h1-2H3. The van der Waals surface area contributed by atoms with E-state index < -0.39 is 6.09 Å². The molecule has 0 saturated heterocycles. The number of ether oxygens (including phenoxy) is 1. The number of carbonyl (C=O) groups is 1. The molecule has 70 valence electrons. The fourth-order valence-electron chi connectivity index (χ4n) is 1.03. The van der Waals surface area contributed by atoms with Crippen LogP contribution >= 0.6 is 0 Å². The van der Waals surface area contributed by atoms with Crippen LogP contribution in [-0.2, 0) is 4.74 Å². The number of aryl methyl sites for hydroxylation is 1. The summed E-state index contributed by atoms with van der Waals surface area (Å²) >= 11 is 0. The number of carbonyl (C=O) groups excluding carboxylic acids is 1. The summed E-state index contributed by atoms with van der Waals surface area (Å²) in [5.74, 6) is 0.255. The Kier molecular flexibility index (Phi) is 2.49. The van der Waals surface area contributed by atoms with Crippen molar-refractivity contribution in [2.75, 3.05) is 7.11 Å². The molecule has 0 N–H and O–H groups in total. The van der Waals surface area contributed by atoms with E-state index in [0.29, 0.717) is 0 Å². The molecule has 0 aliphatic rings. The van der Waals surface area contributed by atoms with Crippen LogP contribution in [0.5, 0.6) is 0 Å². The minimum Gasteiger partial charge on any atom is -0.452 e. The number of rotatable bonds is 0. The highest BCUT2D eigenvalue weighted by Gasteiger charge is 2.19. The predicted molar refractivity (Wildman–Crippen MR) is 44.2 cm³/mol. The van der Waals surface area contributed by atoms with Gasteiger partial charge in [0.1, 0.15) is 18.0 Å². The van der Waals surface area contributed by atoms with E-state index in [-0.39, 0.29) is 17.2 Å². The first-order valence-corrected chi connectivity index (χ1v) is 3.63. The summed E-state index contributed by atoms with van der Waals surface area (Å²) in [4.78, 5) is 14.9. The second kappa shape index (κ2) is 3.58. The van der Waals surface area contributed by atoms with Crippen molar-refractivity contribution in [2.24, 2.45) is 0 Å². The van der Waals surface area contributed by atoms with Crippen LogP contribution in [0.4, 0.5) is 4.79 Å². The molecule has 0 amide bonds. The quantitative estimate of drug-likeness (QED) is 0.595. The molecule has 14 heavy (non-hydrogen) atoms. The van der Waals surface area contributed by atoms with Crippen LogP contribution in [0.25, 0.3) is 0 Å². The predicted octanol–water partition coefficient (Wildman–Crippen LogP) is 0.549. The van der Waals surface area contributed by atoms with Crippen LogP contribution in [-0.4, -0.2) is 22.8 Å². The Labute approximate surface area is 80.0 Å². The summed E-state index contributed by atoms with van der Waals surface area (Å²) in [6, 6.07) is 3.45. The third-order valence-corrected chi connectivity index (χ3v) is 1.61. The maximum atomic E-state index is 11.2. The van der Waals surface area contributed by atoms with Gasteiger partial charge in [-0.25, -0.2) is 14.3 Å². The molecule has 0 atom stereocenters. The summed E-state index contributed by atoms with van der Waals surface area (Å²) in [7, 11) is 1.19. The molecule has 6 nitrogen and oxygen atoms in total. The molecule has 0 radical (unpaired) electrons. The number of hydrogen-bond donors (Lipinski definition) is 0. The van der Waals surface area contributed by atoms with Crippen molar-refractivity contribution in [3.8, 4) is 12.1 Å². The summed E-state index contributed by atoms with van der Waals surface area (Å²) in [6.45, 7) is 1.51. The van der Waals surface area contributed by atoms with Crippen molar-refractivity contribution in [2.45, 2.75) is 6.92 Å². The number of nitrogens with zero attached hydrogens (tertiary/aromatic N) is 4. The van der Waals surface area contributed by atoms with Crippen LogP contribution in [0.15, 0.2) is 0 Å². The first-order chi connectivity index (χ1) is 6.65. The second-order valence-corrected chi connectivity index (χ2v) is 2.39. The van der Waals surface area contributed by atoms with Crippen molar-refractivity contribution in [1.82, 2.24) is 9.55 Å². The number of aromatic nitrogens is 2. The number of hydrogen-bond acceptors (Lipinski definition) is 5. The molecule has 0 aromatic carbocycles. The first-order valence-electron chi connectivity index (χ1n) is 3.63. The maximum Gasteiger partial charge on any atom is 0.420 e. The summed E-state index contributed by atoms with van der Waals surface area (Å²) in [6.07, 6.45) is -0.729. The minimum atomic E-state index is -0.729. The molecule has 1 heterocycles. The highest BCUT2D eigenvalue weighted by atomic mass is 16.5. The van der Waals surface area contributed by atoms with E-state index in [4.69, 9.17) is 10.5 Å². The van der Waals surface area contributed by atoms with Crippen molar-refractivity contribution >= 4 is 6.09 Å². The van der Waals surface area contributed by atoms with Gasteiger partial charge < -0.3 is 4.74 Å². The summed E-state index contributed by atoms with van der Waals surface area (Å²) < 4.78 is 5.40. The smallest absolute Gasteiger partial charge is 0.420 e. The number of imidazole rings is 1. The van der Waals surface area contributed by atoms with E-state index in [1.54, 1.807) is 12.1 Å². The number of methoxy groups -OCH3 is 1. The zero-order chi connectivity index (χ0) is 10.7. The lowest BCUT2D eigenvalue weighted by Crippen LogP contribution is -2.15. The van der Waals surface area contributed by atoms with Gasteiger partial charge in [-0.15, -0.1) is 0 Å². The third-order valence-electron chi connectivity index (χ3n) is 1.61. The van der Waals surface area contributed by atoms with Gasteiger partial charge in [0.2, 0.25) is 0 Å². The van der Waals surface area contributed by atoms with Crippen LogP contribution < -0.4 is 0 Å². The fourth-order valence-corrected chi connectivity index (χ4v) is 1.03. The van der Waals surface area contributed by atoms with Crippen LogP contribution in [0.2, 0.25) is 0 Å². The average Bonchev–Trinajstić information content (AvgIpc) is 2.53. The van der Waals surface area contributed by atoms with E-state index in [9.17, 15) is 4.79 Å². The highest BCUT2D eigenvalue weighted by molar-refractivity contribution is 5.73. The van der Waals surface area contributed by atoms with E-state index in [0.717, 1.165) is 4.57 Å². The Morgan fingerprint density at radius 1 is 1.50 bits per heavy atom. The molecular formula is C8H6N4O2. The van der Waals surface area contributed by atoms with Gasteiger partial charge in [-0.05, 0) is 6.92 Å². The van der Waals surface area contributed by atoms with Gasteiger partial charge in [0.15, 0.2) is 11.4 Å². The SMILES string of the molecule is COC(=O)n1c(C)nc(C#N)c1C#N. The topological polar surface area (TPSA) is 91.7 Å². The maximum absolute atomic E-state index is 11.2. The number of nitriles is 2. The van der Waals surface area contributed by atoms with Crippen molar-refractivity contribution in [3.63, 3.8) is 0 Å². The molecular weight excluding hydrogens is 184 g/mol. The van der Waals surface area contributed by atoms with Crippen LogP contribution in [0.1, 0.15) is 17.2 Å². The molecule has 0 saturated carbocycles. The molecule has 6 heteroatoms. The van der Waals surface area contributed by atoms with Gasteiger partial charge in [0, 0.05) is 0 Å². The lowest BCUT2D eigenvalue weighted by molar-refractivity contribution is 0.172. The normalized spacial score (nSPS) is 8.86. The van der Waals surface area contributed by atoms with Gasteiger partial charge in [-0.2, -0.15) is 10.5 Å². The Hall–Kier alpha value is -2.34. The molecule has 0 fully saturated rings. The molecule has 0 unspecified atom stereocenters. The zero-order valence-corrected chi connectivity index (χ0v) is 7.61. The van der Waals surface area contributed by atoms with Gasteiger partial charge in [-0.1, -0.05) is 0 Å². The average molecular weight is 190 g/mol. The van der Waals surface area contributed by atoms with E-state index in [2.05, 4.69) is 9.72 Å². The highest BCUT2D eigenvalue weighted by Crippen LogP contribution is 2.09. The Morgan fingerprint density at radius 3 is 2.57 bits per heavy atom. The minimum absolute atomic E-state index is 0.0737. The third kappa shape index (κ3) is 1.29. The van der Waals surface area contributed by atoms with E-state index >= 15 is 0 Å². The van der Waals surface area contributed by atoms with Gasteiger partial charge in [-0.3, -0.25) is 0 Å². The monoisotopic (exact) mass is 190 g/mol. The van der Waals surface area contributed by atoms with Gasteiger partial charge >= 0.3 is 6.09 Å². The molecule has 0 aliphatic heterocycles. The fraction of sp³-hybridized carbons (Fsp3) is 0.250. The van der Waals surface area contributed by atoms with E-state index in [1.807, 2.05) is 0 Å². The summed E-state index contributed by atoms with van der Waals surface area (Å²) in [5, 5.41) is 17.3. The second-order valence-electron chi connectivity index (χ2n) is 2.39. The Morgan fingerprint density at radius 2 is 2.14 bits per heavy atom. The van der Waals surface area contributed by atoms with Crippen LogP contribution in [0, 0.1) is 29.6 Å². The van der Waals surface area contributed by atoms with Crippen molar-refractivity contribution in [3.05, 3.63) is 17.2 Å². The summed E-state index contributed by atoms with van der Waals surface area (Å²) in [5.41, 5.74) is -0.174. The van der Waals surface area contributed by atoms with Gasteiger partial charge in [0.05, 0.1) is 7.11 Å². The van der Waals surface area contributed by atoms with Crippen LogP contribution in [0.3, 0.4) is 0 Å². The van der Waals surface area contributed by atoms with Crippen molar-refractivity contribution in [1.29, 1.82) is 10.5 Å². The largest absolute Gasteiger partial charge is 0.452 e. The van der Waals surface area contributed by atoms with Crippen molar-refractivity contribution < 1.29 is 9.53 Å². The van der Waals surface area contributed by atoms with Gasteiger partial charge in [0.25, 0.3) is 0 Å². The molecule has 1 rings (SSSR count). The van der Waals surface area contributed by atoms with E-state index in [1.165, 1.54) is 14.0 Å². The first kappa shape index (κ1) is 9.75. The zero-order valence-electron chi connectivity index (χ0n) is 7.61. The Balaban J connectivity index is 3.45. The molecule has 1 aromatic rings. The lowest BCUT2D eigenvalue weighted by atomic mass is 10.4. The molecule has 1 aromatic heterocycles. The molecule has 0 aliphatic carbocycles. The molecule has 0 bridgehead atoms.